The van der Waals surface area contributed by atoms with E-state index in [2.05, 4.69) is 5.32 Å². The van der Waals surface area contributed by atoms with E-state index in [9.17, 15) is 31.5 Å². The number of benzene rings is 3. The van der Waals surface area contributed by atoms with Gasteiger partial charge >= 0.3 is 12.1 Å². The molecule has 1 aromatic heterocycles. The van der Waals surface area contributed by atoms with Gasteiger partial charge in [0.15, 0.2) is 0 Å². The molecular weight excluding hydrogens is 597 g/mol. The molecule has 2 N–H and O–H groups in total. The van der Waals surface area contributed by atoms with Crippen LogP contribution in [0.2, 0.25) is 0 Å². The van der Waals surface area contributed by atoms with E-state index in [4.69, 9.17) is 14.5 Å². The van der Waals surface area contributed by atoms with Crippen molar-refractivity contribution in [1.82, 2.24) is 10.3 Å². The van der Waals surface area contributed by atoms with Gasteiger partial charge in [-0.1, -0.05) is 43.3 Å². The third-order valence-electron chi connectivity index (χ3n) is 7.55. The number of hydrogen-bond donors (Lipinski definition) is 2. The Morgan fingerprint density at radius 1 is 0.956 bits per heavy atom. The van der Waals surface area contributed by atoms with E-state index in [-0.39, 0.29) is 12.8 Å². The Morgan fingerprint density at radius 2 is 1.60 bits per heavy atom. The Labute approximate surface area is 256 Å². The van der Waals surface area contributed by atoms with Gasteiger partial charge in [-0.3, -0.25) is 4.79 Å². The normalized spacial score (nSPS) is 12.8. The van der Waals surface area contributed by atoms with E-state index in [0.717, 1.165) is 34.7 Å². The number of ether oxygens (including phenoxy) is 2. The molecule has 0 aliphatic heterocycles. The van der Waals surface area contributed by atoms with Crippen molar-refractivity contribution >= 4 is 28.3 Å². The van der Waals surface area contributed by atoms with Crippen molar-refractivity contribution in [2.24, 2.45) is 0 Å². The van der Waals surface area contributed by atoms with Crippen molar-refractivity contribution < 1.29 is 41.0 Å². The van der Waals surface area contributed by atoms with Crippen molar-refractivity contribution in [2.45, 2.75) is 51.9 Å². The Bertz CT molecular complexity index is 1720. The van der Waals surface area contributed by atoms with Crippen LogP contribution in [0.15, 0.2) is 54.6 Å². The average molecular weight is 630 g/mol. The average Bonchev–Trinajstić information content (AvgIpc) is 2.99. The molecule has 0 unspecified atom stereocenters. The molecule has 3 aromatic carbocycles. The largest absolute Gasteiger partial charge is 0.494 e. The summed E-state index contributed by atoms with van der Waals surface area (Å²) in [6.45, 7) is 5.08. The zero-order valence-corrected chi connectivity index (χ0v) is 25.2. The molecule has 0 bridgehead atoms. The number of pyridine rings is 1. The Kier molecular flexibility index (Phi) is 9.94. The van der Waals surface area contributed by atoms with Crippen LogP contribution in [0.4, 0.5) is 27.6 Å². The lowest BCUT2D eigenvalue weighted by atomic mass is 9.93. The topological polar surface area (TPSA) is 89.5 Å². The molecule has 0 saturated heterocycles. The van der Waals surface area contributed by atoms with E-state index >= 15 is 0 Å². The van der Waals surface area contributed by atoms with Crippen LogP contribution in [0.3, 0.4) is 0 Å². The predicted octanol–water partition coefficient (Wildman–Crippen LogP) is 7.07. The van der Waals surface area contributed by atoms with Gasteiger partial charge in [0.1, 0.15) is 40.7 Å². The maximum atomic E-state index is 14.9. The highest BCUT2D eigenvalue weighted by Crippen LogP contribution is 2.36. The summed E-state index contributed by atoms with van der Waals surface area (Å²) in [4.78, 5) is 30.6. The van der Waals surface area contributed by atoms with Crippen LogP contribution in [0.25, 0.3) is 22.0 Å². The number of methoxy groups -OCH3 is 2. The zero-order chi connectivity index (χ0) is 33.1. The number of anilines is 1. The predicted molar refractivity (Wildman–Crippen MR) is 160 cm³/mol. The van der Waals surface area contributed by atoms with Gasteiger partial charge in [0.05, 0.1) is 14.2 Å². The number of alkyl halides is 3. The zero-order valence-electron chi connectivity index (χ0n) is 25.2. The smallest absolute Gasteiger partial charge is 0.408 e. The fourth-order valence-corrected chi connectivity index (χ4v) is 5.05. The molecule has 45 heavy (non-hydrogen) atoms. The Morgan fingerprint density at radius 3 is 2.18 bits per heavy atom. The fourth-order valence-electron chi connectivity index (χ4n) is 5.05. The number of aryl methyl sites for hydroxylation is 2. The van der Waals surface area contributed by atoms with Crippen molar-refractivity contribution in [1.29, 1.82) is 0 Å². The van der Waals surface area contributed by atoms with Crippen molar-refractivity contribution in [2.75, 3.05) is 19.5 Å². The first-order valence-electron chi connectivity index (χ1n) is 14.0. The van der Waals surface area contributed by atoms with Crippen molar-refractivity contribution in [3.63, 3.8) is 0 Å². The molecule has 0 aliphatic carbocycles. The number of esters is 1. The second-order valence-corrected chi connectivity index (χ2v) is 10.5. The molecule has 12 heteroatoms. The van der Waals surface area contributed by atoms with Crippen molar-refractivity contribution in [3.05, 3.63) is 88.6 Å². The third kappa shape index (κ3) is 7.16. The standard InChI is InChI=1S/C33H32F5N3O4/c1-6-28(33(36,37)38)40-20-15-24(34)29(25(35)16-20)31(42)41-26(32(43)45-5)14-19-11-12-23(22-10-8-7-9-21(19)22)30-27(44-4)13-17(2)18(3)39-30/h7-13,15-16,26,28,40H,6,14H2,1-5H3,(H,41,42)/t26-,28+/m0/s1. The quantitative estimate of drug-likeness (QED) is 0.144. The third-order valence-corrected chi connectivity index (χ3v) is 7.55. The first-order chi connectivity index (χ1) is 21.3. The molecular formula is C33H32F5N3O4. The van der Waals surface area contributed by atoms with Crippen LogP contribution in [0.5, 0.6) is 5.75 Å². The van der Waals surface area contributed by atoms with Crippen LogP contribution in [-0.2, 0) is 16.0 Å². The van der Waals surface area contributed by atoms with E-state index in [0.29, 0.717) is 29.1 Å². The number of halogens is 5. The monoisotopic (exact) mass is 629 g/mol. The number of rotatable bonds is 10. The molecule has 1 heterocycles. The maximum absolute atomic E-state index is 14.9. The van der Waals surface area contributed by atoms with Crippen LogP contribution in [0, 0.1) is 25.5 Å². The Balaban J connectivity index is 1.67. The number of amides is 1. The van der Waals surface area contributed by atoms with Crippen LogP contribution in [0.1, 0.15) is 40.5 Å². The first kappa shape index (κ1) is 33.2. The van der Waals surface area contributed by atoms with E-state index in [1.54, 1.807) is 19.2 Å². The number of nitrogens with one attached hydrogen (secondary N) is 2. The molecule has 4 aromatic rings. The van der Waals surface area contributed by atoms with Gasteiger partial charge in [0.25, 0.3) is 5.91 Å². The van der Waals surface area contributed by atoms with Crippen molar-refractivity contribution in [3.8, 4) is 17.0 Å². The summed E-state index contributed by atoms with van der Waals surface area (Å²) < 4.78 is 79.8. The molecule has 2 atom stereocenters. The minimum atomic E-state index is -4.66. The highest BCUT2D eigenvalue weighted by molar-refractivity contribution is 6.00. The summed E-state index contributed by atoms with van der Waals surface area (Å²) in [5.74, 6) is -4.38. The fraction of sp³-hybridized carbons (Fsp3) is 0.303. The minimum Gasteiger partial charge on any atom is -0.494 e. The SMILES string of the molecule is CC[C@@H](Nc1cc(F)c(C(=O)N[C@@H](Cc2ccc(-c3nc(C)c(C)cc3OC)c3ccccc23)C(=O)OC)c(F)c1)C(F)(F)F. The van der Waals surface area contributed by atoms with Gasteiger partial charge in [-0.15, -0.1) is 0 Å². The summed E-state index contributed by atoms with van der Waals surface area (Å²) in [6, 6.07) is 10.6. The summed E-state index contributed by atoms with van der Waals surface area (Å²) >= 11 is 0. The van der Waals surface area contributed by atoms with Gasteiger partial charge in [-0.05, 0) is 60.4 Å². The number of nitrogens with zero attached hydrogens (tertiary/aromatic N) is 1. The molecule has 4 rings (SSSR count). The molecule has 1 amide bonds. The lowest BCUT2D eigenvalue weighted by Gasteiger charge is -2.22. The number of hydrogen-bond acceptors (Lipinski definition) is 6. The van der Waals surface area contributed by atoms with E-state index in [1.165, 1.54) is 6.92 Å². The summed E-state index contributed by atoms with van der Waals surface area (Å²) in [5, 5.41) is 5.87. The second kappa shape index (κ2) is 13.5. The second-order valence-electron chi connectivity index (χ2n) is 10.5. The molecule has 238 valence electrons. The molecule has 0 saturated carbocycles. The van der Waals surface area contributed by atoms with Gasteiger partial charge in [0, 0.05) is 23.4 Å². The van der Waals surface area contributed by atoms with Gasteiger partial charge in [-0.25, -0.2) is 18.6 Å². The molecule has 0 radical (unpaired) electrons. The van der Waals surface area contributed by atoms with Crippen LogP contribution >= 0.6 is 0 Å². The van der Waals surface area contributed by atoms with Gasteiger partial charge in [0.2, 0.25) is 0 Å². The highest BCUT2D eigenvalue weighted by Gasteiger charge is 2.38. The molecule has 7 nitrogen and oxygen atoms in total. The summed E-state index contributed by atoms with van der Waals surface area (Å²) in [7, 11) is 2.66. The molecule has 0 fully saturated rings. The van der Waals surface area contributed by atoms with E-state index < -0.39 is 53.0 Å². The van der Waals surface area contributed by atoms with Crippen LogP contribution in [-0.4, -0.2) is 49.3 Å². The van der Waals surface area contributed by atoms with Gasteiger partial charge in [-0.2, -0.15) is 13.2 Å². The maximum Gasteiger partial charge on any atom is 0.408 e. The number of carbonyl (C=O) groups is 2. The highest BCUT2D eigenvalue weighted by atomic mass is 19.4. The lowest BCUT2D eigenvalue weighted by Crippen LogP contribution is -2.43. The number of fused-ring (bicyclic) bond motifs is 1. The molecule has 0 spiro atoms. The first-order valence-corrected chi connectivity index (χ1v) is 14.0. The summed E-state index contributed by atoms with van der Waals surface area (Å²) in [5.41, 5.74) is 2.23. The van der Waals surface area contributed by atoms with E-state index in [1.807, 2.05) is 49.5 Å². The molecule has 0 aliphatic rings. The number of aromatic nitrogens is 1. The van der Waals surface area contributed by atoms with Crippen LogP contribution < -0.4 is 15.4 Å². The number of carbonyl (C=O) groups excluding carboxylic acids is 2. The summed E-state index contributed by atoms with van der Waals surface area (Å²) in [6.07, 6.45) is -5.15. The minimum absolute atomic E-state index is 0.108. The Hall–Kier alpha value is -4.74. The lowest BCUT2D eigenvalue weighted by molar-refractivity contribution is -0.143. The van der Waals surface area contributed by atoms with Gasteiger partial charge < -0.3 is 20.1 Å².